The fourth-order valence-electron chi connectivity index (χ4n) is 2.27. The first-order valence-electron chi connectivity index (χ1n) is 7.75. The molecule has 0 atom stereocenters. The predicted octanol–water partition coefficient (Wildman–Crippen LogP) is 3.83. The number of nitrogens with one attached hydrogen (secondary N) is 1. The zero-order valence-corrected chi connectivity index (χ0v) is 15.2. The Balaban J connectivity index is 1.90. The third kappa shape index (κ3) is 3.52. The second-order valence-corrected chi connectivity index (χ2v) is 8.49. The van der Waals surface area contributed by atoms with E-state index in [-0.39, 0.29) is 16.0 Å². The zero-order chi connectivity index (χ0) is 19.1. The number of anilines is 1. The van der Waals surface area contributed by atoms with E-state index in [4.69, 9.17) is 4.42 Å². The number of aromatic nitrogens is 1. The molecule has 0 saturated heterocycles. The molecule has 0 radical (unpaired) electrons. The molecule has 1 N–H and O–H groups in total. The van der Waals surface area contributed by atoms with Crippen LogP contribution >= 0.6 is 0 Å². The highest BCUT2D eigenvalue weighted by atomic mass is 32.2. The summed E-state index contributed by atoms with van der Waals surface area (Å²) in [4.78, 5) is 14.4. The molecule has 0 spiro atoms. The molecular weight excluding hydrogens is 358 g/mol. The Kier molecular flexibility index (Phi) is 4.19. The lowest BCUT2D eigenvalue weighted by Gasteiger charge is -2.11. The number of hydrogen-bond donors (Lipinski definition) is 1. The van der Waals surface area contributed by atoms with Crippen LogP contribution in [0.5, 0.6) is 0 Å². The molecule has 8 nitrogen and oxygen atoms in total. The van der Waals surface area contributed by atoms with Crippen molar-refractivity contribution in [2.75, 3.05) is 4.72 Å². The molecule has 0 saturated carbocycles. The second-order valence-electron chi connectivity index (χ2n) is 6.81. The van der Waals surface area contributed by atoms with Crippen molar-refractivity contribution in [2.24, 2.45) is 0 Å². The van der Waals surface area contributed by atoms with E-state index in [0.29, 0.717) is 22.7 Å². The average Bonchev–Trinajstić information content (AvgIpc) is 2.98. The molecule has 0 bridgehead atoms. The van der Waals surface area contributed by atoms with Gasteiger partial charge in [0.05, 0.1) is 15.5 Å². The Morgan fingerprint density at radius 1 is 1.12 bits per heavy atom. The number of hydrogen-bond acceptors (Lipinski definition) is 6. The number of non-ortho nitro benzene ring substituents is 1. The van der Waals surface area contributed by atoms with Gasteiger partial charge in [-0.2, -0.15) is 0 Å². The minimum atomic E-state index is -3.88. The highest BCUT2D eigenvalue weighted by Crippen LogP contribution is 2.28. The zero-order valence-electron chi connectivity index (χ0n) is 14.4. The van der Waals surface area contributed by atoms with Gasteiger partial charge in [0.25, 0.3) is 15.7 Å². The molecule has 3 rings (SSSR count). The van der Waals surface area contributed by atoms with Crippen LogP contribution in [-0.2, 0) is 15.4 Å². The molecule has 0 amide bonds. The lowest BCUT2D eigenvalue weighted by Crippen LogP contribution is -2.12. The van der Waals surface area contributed by atoms with Crippen molar-refractivity contribution >= 4 is 32.5 Å². The summed E-state index contributed by atoms with van der Waals surface area (Å²) in [5.74, 6) is 0.558. The summed E-state index contributed by atoms with van der Waals surface area (Å²) in [7, 11) is -3.88. The van der Waals surface area contributed by atoms with Crippen molar-refractivity contribution in [3.8, 4) is 0 Å². The summed E-state index contributed by atoms with van der Waals surface area (Å²) in [5, 5.41) is 10.7. The van der Waals surface area contributed by atoms with Gasteiger partial charge < -0.3 is 4.42 Å². The molecule has 2 aromatic carbocycles. The van der Waals surface area contributed by atoms with E-state index in [1.165, 1.54) is 12.1 Å². The Labute approximate surface area is 150 Å². The Morgan fingerprint density at radius 3 is 2.35 bits per heavy atom. The minimum absolute atomic E-state index is 0.0706. The van der Waals surface area contributed by atoms with Crippen LogP contribution < -0.4 is 4.72 Å². The Morgan fingerprint density at radius 2 is 1.77 bits per heavy atom. The molecular formula is C17H17N3O5S. The number of nitro groups is 1. The first-order valence-corrected chi connectivity index (χ1v) is 9.23. The van der Waals surface area contributed by atoms with Crippen LogP contribution in [0.25, 0.3) is 11.1 Å². The van der Waals surface area contributed by atoms with E-state index in [2.05, 4.69) is 9.71 Å². The predicted molar refractivity (Wildman–Crippen MR) is 96.6 cm³/mol. The Hall–Kier alpha value is -2.94. The highest BCUT2D eigenvalue weighted by Gasteiger charge is 2.21. The maximum Gasteiger partial charge on any atom is 0.269 e. The fourth-order valence-corrected chi connectivity index (χ4v) is 3.32. The largest absolute Gasteiger partial charge is 0.440 e. The van der Waals surface area contributed by atoms with Crippen molar-refractivity contribution < 1.29 is 17.8 Å². The molecule has 26 heavy (non-hydrogen) atoms. The van der Waals surface area contributed by atoms with E-state index in [1.54, 1.807) is 18.2 Å². The molecule has 0 unspecified atom stereocenters. The van der Waals surface area contributed by atoms with Crippen molar-refractivity contribution in [1.82, 2.24) is 4.98 Å². The van der Waals surface area contributed by atoms with Crippen molar-refractivity contribution in [3.05, 3.63) is 58.5 Å². The van der Waals surface area contributed by atoms with Gasteiger partial charge >= 0.3 is 0 Å². The van der Waals surface area contributed by atoms with Crippen LogP contribution in [0.1, 0.15) is 26.7 Å². The molecule has 3 aromatic rings. The first kappa shape index (κ1) is 17.9. The van der Waals surface area contributed by atoms with Crippen LogP contribution in [0.3, 0.4) is 0 Å². The van der Waals surface area contributed by atoms with Gasteiger partial charge in [-0.25, -0.2) is 13.4 Å². The SMILES string of the molecule is CC(C)(C)c1nc2cc(NS(=O)(=O)c3ccc([N+](=O)[O-])cc3)ccc2o1. The maximum atomic E-state index is 12.5. The van der Waals surface area contributed by atoms with Crippen molar-refractivity contribution in [2.45, 2.75) is 31.1 Å². The summed E-state index contributed by atoms with van der Waals surface area (Å²) in [5.41, 5.74) is 0.983. The summed E-state index contributed by atoms with van der Waals surface area (Å²) in [6, 6.07) is 9.46. The fraction of sp³-hybridized carbons (Fsp3) is 0.235. The smallest absolute Gasteiger partial charge is 0.269 e. The van der Waals surface area contributed by atoms with Gasteiger partial charge in [-0.05, 0) is 30.3 Å². The van der Waals surface area contributed by atoms with Crippen molar-refractivity contribution in [1.29, 1.82) is 0 Å². The number of nitrogens with zero attached hydrogens (tertiary/aromatic N) is 2. The van der Waals surface area contributed by atoms with Crippen LogP contribution in [0.4, 0.5) is 11.4 Å². The van der Waals surface area contributed by atoms with E-state index in [0.717, 1.165) is 12.1 Å². The lowest BCUT2D eigenvalue weighted by molar-refractivity contribution is -0.384. The lowest BCUT2D eigenvalue weighted by atomic mass is 9.97. The summed E-state index contributed by atoms with van der Waals surface area (Å²) < 4.78 is 33.0. The average molecular weight is 375 g/mol. The van der Waals surface area contributed by atoms with Crippen LogP contribution in [-0.4, -0.2) is 18.3 Å². The maximum absolute atomic E-state index is 12.5. The van der Waals surface area contributed by atoms with Gasteiger partial charge in [0.1, 0.15) is 5.52 Å². The van der Waals surface area contributed by atoms with E-state index in [9.17, 15) is 18.5 Å². The van der Waals surface area contributed by atoms with Crippen LogP contribution in [0.15, 0.2) is 51.8 Å². The minimum Gasteiger partial charge on any atom is -0.440 e. The summed E-state index contributed by atoms with van der Waals surface area (Å²) in [6.45, 7) is 5.90. The quantitative estimate of drug-likeness (QED) is 0.547. The number of rotatable bonds is 4. The monoisotopic (exact) mass is 375 g/mol. The van der Waals surface area contributed by atoms with Gasteiger partial charge in [-0.15, -0.1) is 0 Å². The third-order valence-corrected chi connectivity index (χ3v) is 5.04. The first-order chi connectivity index (χ1) is 12.1. The molecule has 1 aromatic heterocycles. The number of benzene rings is 2. The number of sulfonamides is 1. The third-order valence-electron chi connectivity index (χ3n) is 3.64. The molecule has 1 heterocycles. The van der Waals surface area contributed by atoms with Gasteiger partial charge in [-0.3, -0.25) is 14.8 Å². The number of oxazole rings is 1. The number of fused-ring (bicyclic) bond motifs is 1. The Bertz CT molecular complexity index is 1080. The molecule has 9 heteroatoms. The van der Waals surface area contributed by atoms with Crippen molar-refractivity contribution in [3.63, 3.8) is 0 Å². The van der Waals surface area contributed by atoms with Gasteiger partial charge in [0, 0.05) is 17.5 Å². The number of nitro benzene ring substituents is 1. The van der Waals surface area contributed by atoms with E-state index in [1.807, 2.05) is 20.8 Å². The molecule has 0 aliphatic rings. The van der Waals surface area contributed by atoms with Crippen LogP contribution in [0.2, 0.25) is 0 Å². The highest BCUT2D eigenvalue weighted by molar-refractivity contribution is 7.92. The standard InChI is InChI=1S/C17H17N3O5S/c1-17(2,3)16-18-14-10-11(4-9-15(14)25-16)19-26(23,24)13-7-5-12(6-8-13)20(21)22/h4-10,19H,1-3H3. The normalized spacial score (nSPS) is 12.3. The van der Waals surface area contributed by atoms with Gasteiger partial charge in [0.15, 0.2) is 5.58 Å². The molecule has 0 aliphatic carbocycles. The molecule has 136 valence electrons. The second kappa shape index (κ2) is 6.10. The summed E-state index contributed by atoms with van der Waals surface area (Å²) in [6.07, 6.45) is 0. The van der Waals surface area contributed by atoms with Gasteiger partial charge in [0.2, 0.25) is 5.89 Å². The molecule has 0 fully saturated rings. The van der Waals surface area contributed by atoms with Crippen LogP contribution in [0, 0.1) is 10.1 Å². The van der Waals surface area contributed by atoms with Gasteiger partial charge in [-0.1, -0.05) is 20.8 Å². The summed E-state index contributed by atoms with van der Waals surface area (Å²) >= 11 is 0. The topological polar surface area (TPSA) is 115 Å². The van der Waals surface area contributed by atoms with E-state index >= 15 is 0 Å². The van der Waals surface area contributed by atoms with E-state index < -0.39 is 14.9 Å². The molecule has 0 aliphatic heterocycles.